The van der Waals surface area contributed by atoms with Gasteiger partial charge in [-0.3, -0.25) is 4.79 Å². The van der Waals surface area contributed by atoms with E-state index in [1.165, 1.54) is 17.4 Å². The molecule has 1 amide bonds. The van der Waals surface area contributed by atoms with Gasteiger partial charge < -0.3 is 11.1 Å². The summed E-state index contributed by atoms with van der Waals surface area (Å²) in [7, 11) is 0. The van der Waals surface area contributed by atoms with Crippen molar-refractivity contribution in [3.8, 4) is 0 Å². The number of halogens is 3. The summed E-state index contributed by atoms with van der Waals surface area (Å²) >= 11 is 1.46. The Morgan fingerprint density at radius 2 is 2.05 bits per heavy atom. The molecule has 3 N–H and O–H groups in total. The highest BCUT2D eigenvalue weighted by atomic mass is 32.1. The first-order valence-corrected chi connectivity index (χ1v) is 6.98. The number of hydrogen-bond donors (Lipinski definition) is 2. The van der Waals surface area contributed by atoms with Crippen molar-refractivity contribution in [2.75, 3.05) is 5.73 Å². The second-order valence-electron chi connectivity index (χ2n) is 4.51. The molecule has 3 nitrogen and oxygen atoms in total. The third kappa shape index (κ3) is 3.55. The van der Waals surface area contributed by atoms with Crippen LogP contribution in [0.25, 0.3) is 0 Å². The zero-order valence-corrected chi connectivity index (χ0v) is 11.9. The molecular formula is C14H13F3N2OS. The van der Waals surface area contributed by atoms with E-state index in [9.17, 15) is 18.0 Å². The van der Waals surface area contributed by atoms with Crippen molar-refractivity contribution in [3.63, 3.8) is 0 Å². The van der Waals surface area contributed by atoms with Gasteiger partial charge in [-0.2, -0.15) is 13.2 Å². The standard InChI is InChI=1S/C14H13F3N2OS/c1-8(12-3-2-6-21-12)19-13(20)9-4-5-11(18)10(7-9)14(15,16)17/h2-8H,18H2,1H3,(H,19,20). The first kappa shape index (κ1) is 15.4. The van der Waals surface area contributed by atoms with E-state index in [4.69, 9.17) is 5.73 Å². The van der Waals surface area contributed by atoms with E-state index < -0.39 is 23.3 Å². The zero-order chi connectivity index (χ0) is 15.6. The topological polar surface area (TPSA) is 55.1 Å². The van der Waals surface area contributed by atoms with Crippen LogP contribution in [0.1, 0.15) is 33.8 Å². The van der Waals surface area contributed by atoms with Gasteiger partial charge in [-0.15, -0.1) is 11.3 Å². The van der Waals surface area contributed by atoms with Gasteiger partial charge in [0.1, 0.15) is 0 Å². The molecule has 7 heteroatoms. The van der Waals surface area contributed by atoms with Gasteiger partial charge in [0.25, 0.3) is 5.91 Å². The van der Waals surface area contributed by atoms with Crippen LogP contribution in [0.2, 0.25) is 0 Å². The van der Waals surface area contributed by atoms with Crippen molar-refractivity contribution in [1.82, 2.24) is 5.32 Å². The van der Waals surface area contributed by atoms with Gasteiger partial charge in [-0.1, -0.05) is 6.07 Å². The molecule has 1 aromatic heterocycles. The molecule has 21 heavy (non-hydrogen) atoms. The van der Waals surface area contributed by atoms with Crippen molar-refractivity contribution < 1.29 is 18.0 Å². The van der Waals surface area contributed by atoms with E-state index in [2.05, 4.69) is 5.32 Å². The highest BCUT2D eigenvalue weighted by molar-refractivity contribution is 7.10. The second kappa shape index (κ2) is 5.77. The molecule has 1 aromatic carbocycles. The largest absolute Gasteiger partial charge is 0.418 e. The molecule has 0 radical (unpaired) electrons. The van der Waals surface area contributed by atoms with Crippen LogP contribution in [0, 0.1) is 0 Å². The summed E-state index contributed by atoms with van der Waals surface area (Å²) in [4.78, 5) is 13.0. The summed E-state index contributed by atoms with van der Waals surface area (Å²) < 4.78 is 38.3. The summed E-state index contributed by atoms with van der Waals surface area (Å²) in [6, 6.07) is 6.55. The third-order valence-electron chi connectivity index (χ3n) is 2.94. The van der Waals surface area contributed by atoms with E-state index in [0.29, 0.717) is 0 Å². The Morgan fingerprint density at radius 1 is 1.33 bits per heavy atom. The fraction of sp³-hybridized carbons (Fsp3) is 0.214. The van der Waals surface area contributed by atoms with Crippen molar-refractivity contribution in [3.05, 3.63) is 51.7 Å². The maximum atomic E-state index is 12.8. The fourth-order valence-electron chi connectivity index (χ4n) is 1.83. The summed E-state index contributed by atoms with van der Waals surface area (Å²) in [5.74, 6) is -0.568. The molecule has 0 bridgehead atoms. The minimum Gasteiger partial charge on any atom is -0.398 e. The fourth-order valence-corrected chi connectivity index (χ4v) is 2.57. The number of thiophene rings is 1. The van der Waals surface area contributed by atoms with E-state index in [-0.39, 0.29) is 11.6 Å². The number of nitrogens with one attached hydrogen (secondary N) is 1. The lowest BCUT2D eigenvalue weighted by atomic mass is 10.1. The monoisotopic (exact) mass is 314 g/mol. The van der Waals surface area contributed by atoms with Crippen LogP contribution in [-0.2, 0) is 6.18 Å². The van der Waals surface area contributed by atoms with E-state index in [0.717, 1.165) is 17.0 Å². The number of rotatable bonds is 3. The van der Waals surface area contributed by atoms with Gasteiger partial charge in [0.05, 0.1) is 11.6 Å². The second-order valence-corrected chi connectivity index (χ2v) is 5.49. The van der Waals surface area contributed by atoms with Gasteiger partial charge in [0.2, 0.25) is 0 Å². The molecule has 1 unspecified atom stereocenters. The number of alkyl halides is 3. The third-order valence-corrected chi connectivity index (χ3v) is 3.99. The lowest BCUT2D eigenvalue weighted by Gasteiger charge is -2.14. The van der Waals surface area contributed by atoms with Crippen LogP contribution in [0.15, 0.2) is 35.7 Å². The summed E-state index contributed by atoms with van der Waals surface area (Å²) in [6.45, 7) is 1.77. The number of amides is 1. The van der Waals surface area contributed by atoms with Crippen molar-refractivity contribution in [2.45, 2.75) is 19.1 Å². The first-order valence-electron chi connectivity index (χ1n) is 6.10. The predicted octanol–water partition coefficient (Wildman–Crippen LogP) is 3.84. The maximum Gasteiger partial charge on any atom is 0.418 e. The summed E-state index contributed by atoms with van der Waals surface area (Å²) in [5.41, 5.74) is 3.84. The van der Waals surface area contributed by atoms with Gasteiger partial charge in [0, 0.05) is 16.1 Å². The van der Waals surface area contributed by atoms with Gasteiger partial charge in [-0.25, -0.2) is 0 Å². The van der Waals surface area contributed by atoms with Gasteiger partial charge >= 0.3 is 6.18 Å². The molecule has 0 saturated heterocycles. The SMILES string of the molecule is CC(NC(=O)c1ccc(N)c(C(F)(F)F)c1)c1cccs1. The highest BCUT2D eigenvalue weighted by Crippen LogP contribution is 2.34. The number of anilines is 1. The number of carbonyl (C=O) groups is 1. The molecule has 0 aliphatic carbocycles. The molecular weight excluding hydrogens is 301 g/mol. The van der Waals surface area contributed by atoms with Crippen LogP contribution in [0.3, 0.4) is 0 Å². The van der Waals surface area contributed by atoms with Crippen molar-refractivity contribution in [2.24, 2.45) is 0 Å². The maximum absolute atomic E-state index is 12.8. The Bertz CT molecular complexity index is 638. The number of nitrogen functional groups attached to an aromatic ring is 1. The average molecular weight is 314 g/mol. The number of benzene rings is 1. The summed E-state index contributed by atoms with van der Waals surface area (Å²) in [6.07, 6.45) is -4.58. The molecule has 0 saturated carbocycles. The van der Waals surface area contributed by atoms with Crippen LogP contribution < -0.4 is 11.1 Å². The van der Waals surface area contributed by atoms with Crippen LogP contribution >= 0.6 is 11.3 Å². The summed E-state index contributed by atoms with van der Waals surface area (Å²) in [5, 5.41) is 4.52. The van der Waals surface area contributed by atoms with Gasteiger partial charge in [-0.05, 0) is 36.6 Å². The van der Waals surface area contributed by atoms with E-state index >= 15 is 0 Å². The zero-order valence-electron chi connectivity index (χ0n) is 11.1. The molecule has 0 spiro atoms. The van der Waals surface area contributed by atoms with E-state index in [1.807, 2.05) is 17.5 Å². The Hall–Kier alpha value is -2.02. The lowest BCUT2D eigenvalue weighted by molar-refractivity contribution is -0.136. The molecule has 0 aliphatic rings. The molecule has 2 rings (SSSR count). The molecule has 1 heterocycles. The lowest BCUT2D eigenvalue weighted by Crippen LogP contribution is -2.26. The van der Waals surface area contributed by atoms with Crippen molar-refractivity contribution >= 4 is 22.9 Å². The van der Waals surface area contributed by atoms with Crippen LogP contribution in [-0.4, -0.2) is 5.91 Å². The number of hydrogen-bond acceptors (Lipinski definition) is 3. The van der Waals surface area contributed by atoms with E-state index in [1.54, 1.807) is 6.92 Å². The smallest absolute Gasteiger partial charge is 0.398 e. The minimum atomic E-state index is -4.58. The van der Waals surface area contributed by atoms with Crippen LogP contribution in [0.5, 0.6) is 0 Å². The average Bonchev–Trinajstić information content (AvgIpc) is 2.91. The number of nitrogens with two attached hydrogens (primary N) is 1. The quantitative estimate of drug-likeness (QED) is 0.846. The predicted molar refractivity (Wildman–Crippen MR) is 76.1 cm³/mol. The molecule has 1 atom stereocenters. The Labute approximate surface area is 123 Å². The molecule has 0 fully saturated rings. The van der Waals surface area contributed by atoms with Crippen LogP contribution in [0.4, 0.5) is 18.9 Å². The van der Waals surface area contributed by atoms with Gasteiger partial charge in [0.15, 0.2) is 0 Å². The molecule has 112 valence electrons. The molecule has 2 aromatic rings. The minimum absolute atomic E-state index is 0.0695. The number of carbonyl (C=O) groups excluding carboxylic acids is 1. The normalized spacial score (nSPS) is 13.0. The van der Waals surface area contributed by atoms with Crippen molar-refractivity contribution in [1.29, 1.82) is 0 Å². The Kier molecular flexibility index (Phi) is 4.22. The molecule has 0 aliphatic heterocycles. The first-order chi connectivity index (χ1) is 9.79. The Morgan fingerprint density at radius 3 is 2.62 bits per heavy atom. The highest BCUT2D eigenvalue weighted by Gasteiger charge is 2.33. The Balaban J connectivity index is 2.20.